The van der Waals surface area contributed by atoms with Gasteiger partial charge in [0.15, 0.2) is 0 Å². The van der Waals surface area contributed by atoms with Gasteiger partial charge in [-0.1, -0.05) is 47.5 Å². The van der Waals surface area contributed by atoms with Crippen molar-refractivity contribution in [3.8, 4) is 0 Å². The molecule has 0 aliphatic carbocycles. The van der Waals surface area contributed by atoms with Crippen molar-refractivity contribution in [2.45, 2.75) is 20.8 Å². The van der Waals surface area contributed by atoms with Crippen LogP contribution in [0.25, 0.3) is 0 Å². The molecular formula is C18H19N3O2. The van der Waals surface area contributed by atoms with Crippen molar-refractivity contribution in [1.29, 1.82) is 0 Å². The minimum atomic E-state index is -0.812. The van der Waals surface area contributed by atoms with Crippen molar-refractivity contribution < 1.29 is 9.59 Å². The summed E-state index contributed by atoms with van der Waals surface area (Å²) in [6.07, 6.45) is 1.49. The summed E-state index contributed by atoms with van der Waals surface area (Å²) in [5.41, 5.74) is 6.79. The van der Waals surface area contributed by atoms with Crippen molar-refractivity contribution >= 4 is 23.7 Å². The predicted molar refractivity (Wildman–Crippen MR) is 91.5 cm³/mol. The maximum absolute atomic E-state index is 11.8. The van der Waals surface area contributed by atoms with Crippen LogP contribution in [0.2, 0.25) is 0 Å². The van der Waals surface area contributed by atoms with Crippen molar-refractivity contribution in [2.24, 2.45) is 5.10 Å². The molecule has 0 radical (unpaired) electrons. The number of amides is 2. The molecule has 0 aliphatic heterocycles. The fourth-order valence-electron chi connectivity index (χ4n) is 2.00. The third-order valence-electron chi connectivity index (χ3n) is 3.29. The first-order valence-electron chi connectivity index (χ1n) is 7.24. The minimum absolute atomic E-state index is 0.610. The van der Waals surface area contributed by atoms with Gasteiger partial charge in [0.1, 0.15) is 0 Å². The fraction of sp³-hybridized carbons (Fsp3) is 0.167. The number of benzene rings is 2. The number of rotatable bonds is 3. The highest BCUT2D eigenvalue weighted by molar-refractivity contribution is 6.39. The summed E-state index contributed by atoms with van der Waals surface area (Å²) in [5.74, 6) is -1.56. The van der Waals surface area contributed by atoms with Gasteiger partial charge in [-0.25, -0.2) is 5.43 Å². The smallest absolute Gasteiger partial charge is 0.317 e. The number of hydrogen-bond acceptors (Lipinski definition) is 3. The molecular weight excluding hydrogens is 290 g/mol. The molecule has 2 aromatic rings. The molecule has 0 bridgehead atoms. The summed E-state index contributed by atoms with van der Waals surface area (Å²) in [6.45, 7) is 5.82. The maximum Gasteiger partial charge on any atom is 0.329 e. The molecule has 23 heavy (non-hydrogen) atoms. The van der Waals surface area contributed by atoms with Crippen LogP contribution in [0.15, 0.2) is 47.6 Å². The number of carbonyl (C=O) groups is 2. The molecule has 2 aromatic carbocycles. The number of aryl methyl sites for hydroxylation is 3. The minimum Gasteiger partial charge on any atom is -0.317 e. The summed E-state index contributed by atoms with van der Waals surface area (Å²) in [7, 11) is 0. The lowest BCUT2D eigenvalue weighted by molar-refractivity contribution is -0.136. The summed E-state index contributed by atoms with van der Waals surface area (Å²) in [6, 6.07) is 13.2. The first kappa shape index (κ1) is 16.4. The zero-order valence-electron chi connectivity index (χ0n) is 13.4. The third-order valence-corrected chi connectivity index (χ3v) is 3.29. The Morgan fingerprint density at radius 3 is 2.22 bits per heavy atom. The normalized spacial score (nSPS) is 10.6. The van der Waals surface area contributed by atoms with E-state index >= 15 is 0 Å². The Labute approximate surface area is 135 Å². The lowest BCUT2D eigenvalue weighted by Gasteiger charge is -2.08. The molecule has 0 aliphatic rings. The van der Waals surface area contributed by atoms with E-state index in [2.05, 4.69) is 15.8 Å². The van der Waals surface area contributed by atoms with Gasteiger partial charge < -0.3 is 5.32 Å². The van der Waals surface area contributed by atoms with Gasteiger partial charge >= 0.3 is 11.8 Å². The van der Waals surface area contributed by atoms with Crippen LogP contribution in [-0.2, 0) is 9.59 Å². The Morgan fingerprint density at radius 2 is 1.57 bits per heavy atom. The number of hydrazone groups is 1. The monoisotopic (exact) mass is 309 g/mol. The molecule has 0 saturated carbocycles. The average Bonchev–Trinajstić information content (AvgIpc) is 2.51. The summed E-state index contributed by atoms with van der Waals surface area (Å²) in [4.78, 5) is 23.6. The molecule has 0 spiro atoms. The number of anilines is 1. The Bertz CT molecular complexity index is 749. The van der Waals surface area contributed by atoms with Crippen LogP contribution in [0.1, 0.15) is 22.3 Å². The molecule has 118 valence electrons. The number of carbonyl (C=O) groups excluding carboxylic acids is 2. The lowest BCUT2D eigenvalue weighted by Crippen LogP contribution is -2.32. The maximum atomic E-state index is 11.8. The van der Waals surface area contributed by atoms with E-state index in [1.807, 2.05) is 57.2 Å². The zero-order valence-corrected chi connectivity index (χ0v) is 13.4. The standard InChI is InChI=1S/C18H19N3O2/c1-12-4-7-15(8-5-12)11-19-21-18(23)17(22)20-16-9-6-13(2)10-14(16)3/h4-11H,1-3H3,(H,20,22)(H,21,23)/b19-11-. The van der Waals surface area contributed by atoms with E-state index < -0.39 is 11.8 Å². The summed E-state index contributed by atoms with van der Waals surface area (Å²) in [5, 5.41) is 6.35. The van der Waals surface area contributed by atoms with Crippen molar-refractivity contribution in [3.05, 3.63) is 64.7 Å². The molecule has 5 heteroatoms. The van der Waals surface area contributed by atoms with Gasteiger partial charge in [-0.05, 0) is 38.0 Å². The zero-order chi connectivity index (χ0) is 16.8. The van der Waals surface area contributed by atoms with Gasteiger partial charge in [0.25, 0.3) is 0 Å². The Kier molecular flexibility index (Phi) is 5.25. The molecule has 2 amide bonds. The second-order valence-electron chi connectivity index (χ2n) is 5.38. The van der Waals surface area contributed by atoms with E-state index in [1.165, 1.54) is 6.21 Å². The quantitative estimate of drug-likeness (QED) is 0.520. The van der Waals surface area contributed by atoms with Crippen LogP contribution < -0.4 is 10.7 Å². The van der Waals surface area contributed by atoms with Gasteiger partial charge in [-0.15, -0.1) is 0 Å². The van der Waals surface area contributed by atoms with E-state index in [4.69, 9.17) is 0 Å². The SMILES string of the molecule is Cc1ccc(/C=N\NC(=O)C(=O)Nc2ccc(C)cc2C)cc1. The average molecular weight is 309 g/mol. The topological polar surface area (TPSA) is 70.6 Å². The Hall–Kier alpha value is -2.95. The largest absolute Gasteiger partial charge is 0.329 e. The molecule has 0 aromatic heterocycles. The van der Waals surface area contributed by atoms with Crippen LogP contribution in [0.5, 0.6) is 0 Å². The fourth-order valence-corrected chi connectivity index (χ4v) is 2.00. The van der Waals surface area contributed by atoms with Crippen LogP contribution in [0.4, 0.5) is 5.69 Å². The van der Waals surface area contributed by atoms with Crippen molar-refractivity contribution in [1.82, 2.24) is 5.43 Å². The molecule has 5 nitrogen and oxygen atoms in total. The van der Waals surface area contributed by atoms with E-state index in [9.17, 15) is 9.59 Å². The summed E-state index contributed by atoms with van der Waals surface area (Å²) < 4.78 is 0. The molecule has 0 heterocycles. The second-order valence-corrected chi connectivity index (χ2v) is 5.38. The highest BCUT2D eigenvalue weighted by atomic mass is 16.2. The van der Waals surface area contributed by atoms with Gasteiger partial charge in [0.2, 0.25) is 0 Å². The second kappa shape index (κ2) is 7.35. The van der Waals surface area contributed by atoms with Crippen molar-refractivity contribution in [3.63, 3.8) is 0 Å². The molecule has 2 rings (SSSR count). The Balaban J connectivity index is 1.92. The Morgan fingerprint density at radius 1 is 0.913 bits per heavy atom. The first-order valence-corrected chi connectivity index (χ1v) is 7.24. The highest BCUT2D eigenvalue weighted by Gasteiger charge is 2.13. The highest BCUT2D eigenvalue weighted by Crippen LogP contribution is 2.15. The van der Waals surface area contributed by atoms with Crippen LogP contribution in [0, 0.1) is 20.8 Å². The molecule has 0 atom stereocenters. The van der Waals surface area contributed by atoms with E-state index in [0.29, 0.717) is 5.69 Å². The lowest BCUT2D eigenvalue weighted by atomic mass is 10.1. The van der Waals surface area contributed by atoms with Crippen LogP contribution in [-0.4, -0.2) is 18.0 Å². The predicted octanol–water partition coefficient (Wildman–Crippen LogP) is 2.70. The van der Waals surface area contributed by atoms with E-state index in [1.54, 1.807) is 6.07 Å². The van der Waals surface area contributed by atoms with E-state index in [-0.39, 0.29) is 0 Å². The van der Waals surface area contributed by atoms with Crippen LogP contribution >= 0.6 is 0 Å². The van der Waals surface area contributed by atoms with Gasteiger partial charge in [-0.3, -0.25) is 9.59 Å². The van der Waals surface area contributed by atoms with E-state index in [0.717, 1.165) is 22.3 Å². The number of nitrogens with zero attached hydrogens (tertiary/aromatic N) is 1. The van der Waals surface area contributed by atoms with Gasteiger partial charge in [0.05, 0.1) is 6.21 Å². The first-order chi connectivity index (χ1) is 11.0. The van der Waals surface area contributed by atoms with Crippen molar-refractivity contribution in [2.75, 3.05) is 5.32 Å². The van der Waals surface area contributed by atoms with Crippen LogP contribution in [0.3, 0.4) is 0 Å². The molecule has 0 fully saturated rings. The molecule has 0 saturated heterocycles. The third kappa shape index (κ3) is 4.78. The molecule has 2 N–H and O–H groups in total. The molecule has 0 unspecified atom stereocenters. The number of nitrogens with one attached hydrogen (secondary N) is 2. The van der Waals surface area contributed by atoms with Gasteiger partial charge in [-0.2, -0.15) is 5.10 Å². The number of hydrogen-bond donors (Lipinski definition) is 2. The summed E-state index contributed by atoms with van der Waals surface area (Å²) >= 11 is 0. The van der Waals surface area contributed by atoms with Gasteiger partial charge in [0, 0.05) is 5.69 Å².